The topological polar surface area (TPSA) is 63.5 Å². The molecule has 0 unspecified atom stereocenters. The summed E-state index contributed by atoms with van der Waals surface area (Å²) in [5.74, 6) is 0. The van der Waals surface area contributed by atoms with Gasteiger partial charge in [-0.1, -0.05) is 18.2 Å². The Morgan fingerprint density at radius 2 is 1.90 bits per heavy atom. The number of sulfonamides is 1. The number of nitrogens with one attached hydrogen (secondary N) is 1. The molecule has 3 aromatic rings. The first-order valence-electron chi connectivity index (χ1n) is 6.08. The summed E-state index contributed by atoms with van der Waals surface area (Å²) in [5.41, 5.74) is 1.74. The molecule has 5 nitrogen and oxygen atoms in total. The summed E-state index contributed by atoms with van der Waals surface area (Å²) < 4.78 is 29.2. The Balaban J connectivity index is 2.06. The molecule has 1 aromatic carbocycles. The summed E-state index contributed by atoms with van der Waals surface area (Å²) in [7, 11) is -3.62. The maximum Gasteiger partial charge on any atom is 0.262 e. The fraction of sp³-hybridized carbons (Fsp3) is 0.0714. The molecule has 6 heteroatoms. The van der Waals surface area contributed by atoms with Crippen LogP contribution in [0.15, 0.2) is 59.9 Å². The number of imidazole rings is 1. The Bertz CT molecular complexity index is 869. The van der Waals surface area contributed by atoms with Crippen molar-refractivity contribution in [3.8, 4) is 0 Å². The van der Waals surface area contributed by atoms with Crippen molar-refractivity contribution in [1.82, 2.24) is 9.38 Å². The summed E-state index contributed by atoms with van der Waals surface area (Å²) in [5, 5.41) is 0. The van der Waals surface area contributed by atoms with E-state index in [9.17, 15) is 8.42 Å². The highest BCUT2D eigenvalue weighted by Gasteiger charge is 2.17. The van der Waals surface area contributed by atoms with Gasteiger partial charge in [-0.2, -0.15) is 0 Å². The third kappa shape index (κ3) is 2.14. The number of rotatable bonds is 3. The largest absolute Gasteiger partial charge is 0.305 e. The van der Waals surface area contributed by atoms with Gasteiger partial charge < -0.3 is 4.40 Å². The van der Waals surface area contributed by atoms with Gasteiger partial charge in [0, 0.05) is 18.6 Å². The molecule has 1 N–H and O–H groups in total. The lowest BCUT2D eigenvalue weighted by Crippen LogP contribution is -2.14. The van der Waals surface area contributed by atoms with Gasteiger partial charge in [0.15, 0.2) is 5.65 Å². The van der Waals surface area contributed by atoms with Gasteiger partial charge in [-0.15, -0.1) is 0 Å². The monoisotopic (exact) mass is 287 g/mol. The number of hydrogen-bond donors (Lipinski definition) is 1. The van der Waals surface area contributed by atoms with Gasteiger partial charge >= 0.3 is 0 Å². The van der Waals surface area contributed by atoms with Gasteiger partial charge in [-0.3, -0.25) is 4.72 Å². The molecular weight excluding hydrogens is 274 g/mol. The number of anilines is 1. The summed E-state index contributed by atoms with van der Waals surface area (Å²) in [6.07, 6.45) is 5.20. The van der Waals surface area contributed by atoms with Crippen LogP contribution in [0.3, 0.4) is 0 Å². The zero-order valence-corrected chi connectivity index (χ0v) is 11.6. The van der Waals surface area contributed by atoms with Gasteiger partial charge in [0.05, 0.1) is 10.6 Å². The number of aromatic nitrogens is 2. The van der Waals surface area contributed by atoms with Crippen LogP contribution in [0.25, 0.3) is 5.65 Å². The van der Waals surface area contributed by atoms with Gasteiger partial charge in [-0.05, 0) is 30.7 Å². The van der Waals surface area contributed by atoms with Gasteiger partial charge in [-0.25, -0.2) is 13.4 Å². The molecule has 3 rings (SSSR count). The molecule has 0 aliphatic heterocycles. The van der Waals surface area contributed by atoms with Crippen LogP contribution in [0, 0.1) is 6.92 Å². The lowest BCUT2D eigenvalue weighted by molar-refractivity contribution is 0.600. The highest BCUT2D eigenvalue weighted by Crippen LogP contribution is 2.21. The highest BCUT2D eigenvalue weighted by atomic mass is 32.2. The van der Waals surface area contributed by atoms with Crippen molar-refractivity contribution < 1.29 is 8.42 Å². The predicted molar refractivity (Wildman–Crippen MR) is 77.2 cm³/mol. The highest BCUT2D eigenvalue weighted by molar-refractivity contribution is 7.92. The molecule has 0 aliphatic rings. The van der Waals surface area contributed by atoms with Crippen LogP contribution in [-0.2, 0) is 10.0 Å². The third-order valence-electron chi connectivity index (χ3n) is 3.05. The van der Waals surface area contributed by atoms with Crippen LogP contribution >= 0.6 is 0 Å². The number of hydrogen-bond acceptors (Lipinski definition) is 3. The minimum Gasteiger partial charge on any atom is -0.305 e. The lowest BCUT2D eigenvalue weighted by Gasteiger charge is -2.10. The molecule has 2 heterocycles. The standard InChI is InChI=1S/C14H13N3O2S/c1-11-5-2-3-7-13(11)20(18,19)16-12-6-4-9-17-10-8-15-14(12)17/h2-10,16H,1H3. The minimum atomic E-state index is -3.62. The fourth-order valence-corrected chi connectivity index (χ4v) is 3.39. The molecule has 0 amide bonds. The van der Waals surface area contributed by atoms with Gasteiger partial charge in [0.2, 0.25) is 0 Å². The zero-order chi connectivity index (χ0) is 14.2. The Morgan fingerprint density at radius 3 is 2.70 bits per heavy atom. The van der Waals surface area contributed by atoms with E-state index in [0.29, 0.717) is 16.9 Å². The first kappa shape index (κ1) is 12.7. The third-order valence-corrected chi connectivity index (χ3v) is 4.57. The van der Waals surface area contributed by atoms with Crippen LogP contribution in [0.5, 0.6) is 0 Å². The van der Waals surface area contributed by atoms with Crippen LogP contribution in [-0.4, -0.2) is 17.8 Å². The van der Waals surface area contributed by atoms with Crippen LogP contribution in [0.4, 0.5) is 5.69 Å². The summed E-state index contributed by atoms with van der Waals surface area (Å²) in [4.78, 5) is 4.43. The van der Waals surface area contributed by atoms with E-state index in [-0.39, 0.29) is 4.90 Å². The van der Waals surface area contributed by atoms with Crippen molar-refractivity contribution in [3.63, 3.8) is 0 Å². The number of benzene rings is 1. The zero-order valence-electron chi connectivity index (χ0n) is 10.8. The molecule has 0 spiro atoms. The Kier molecular flexibility index (Phi) is 2.94. The Labute approximate surface area is 117 Å². The van der Waals surface area contributed by atoms with E-state index in [1.165, 1.54) is 0 Å². The average Bonchev–Trinajstić information content (AvgIpc) is 2.88. The SMILES string of the molecule is Cc1ccccc1S(=O)(=O)Nc1cccn2ccnc12. The van der Waals surface area contributed by atoms with Crippen LogP contribution in [0.1, 0.15) is 5.56 Å². The number of nitrogens with zero attached hydrogens (tertiary/aromatic N) is 2. The summed E-state index contributed by atoms with van der Waals surface area (Å²) >= 11 is 0. The molecule has 102 valence electrons. The molecule has 0 saturated carbocycles. The fourth-order valence-electron chi connectivity index (χ4n) is 2.09. The number of fused-ring (bicyclic) bond motifs is 1. The Morgan fingerprint density at radius 1 is 1.10 bits per heavy atom. The van der Waals surface area contributed by atoms with E-state index in [1.807, 2.05) is 12.3 Å². The van der Waals surface area contributed by atoms with Crippen LogP contribution < -0.4 is 4.72 Å². The van der Waals surface area contributed by atoms with Crippen molar-refractivity contribution in [3.05, 3.63) is 60.6 Å². The molecule has 0 aliphatic carbocycles. The van der Waals surface area contributed by atoms with Crippen molar-refractivity contribution >= 4 is 21.4 Å². The number of aryl methyl sites for hydroxylation is 1. The number of pyridine rings is 1. The molecule has 0 atom stereocenters. The smallest absolute Gasteiger partial charge is 0.262 e. The van der Waals surface area contributed by atoms with E-state index in [1.54, 1.807) is 54.0 Å². The molecule has 20 heavy (non-hydrogen) atoms. The van der Waals surface area contributed by atoms with E-state index in [0.717, 1.165) is 0 Å². The average molecular weight is 287 g/mol. The molecule has 0 bridgehead atoms. The predicted octanol–water partition coefficient (Wildman–Crippen LogP) is 2.44. The second kappa shape index (κ2) is 4.64. The normalized spacial score (nSPS) is 11.7. The van der Waals surface area contributed by atoms with Crippen molar-refractivity contribution in [2.75, 3.05) is 4.72 Å². The first-order valence-corrected chi connectivity index (χ1v) is 7.56. The van der Waals surface area contributed by atoms with Crippen molar-refractivity contribution in [2.24, 2.45) is 0 Å². The first-order chi connectivity index (χ1) is 9.58. The second-order valence-corrected chi connectivity index (χ2v) is 6.10. The van der Waals surface area contributed by atoms with E-state index < -0.39 is 10.0 Å². The quantitative estimate of drug-likeness (QED) is 0.804. The molecule has 0 radical (unpaired) electrons. The van der Waals surface area contributed by atoms with E-state index >= 15 is 0 Å². The lowest BCUT2D eigenvalue weighted by atomic mass is 10.2. The Hall–Kier alpha value is -2.34. The molecule has 0 fully saturated rings. The maximum atomic E-state index is 12.4. The minimum absolute atomic E-state index is 0.272. The van der Waals surface area contributed by atoms with Crippen LogP contribution in [0.2, 0.25) is 0 Å². The summed E-state index contributed by atoms with van der Waals surface area (Å²) in [6, 6.07) is 10.3. The molecule has 0 saturated heterocycles. The van der Waals surface area contributed by atoms with Gasteiger partial charge in [0.25, 0.3) is 10.0 Å². The van der Waals surface area contributed by atoms with E-state index in [2.05, 4.69) is 9.71 Å². The summed E-state index contributed by atoms with van der Waals surface area (Å²) in [6.45, 7) is 1.77. The molecular formula is C14H13N3O2S. The molecule has 2 aromatic heterocycles. The van der Waals surface area contributed by atoms with E-state index in [4.69, 9.17) is 0 Å². The second-order valence-electron chi connectivity index (χ2n) is 4.45. The van der Waals surface area contributed by atoms with Gasteiger partial charge in [0.1, 0.15) is 0 Å². The van der Waals surface area contributed by atoms with Crippen molar-refractivity contribution in [1.29, 1.82) is 0 Å². The van der Waals surface area contributed by atoms with Crippen molar-refractivity contribution in [2.45, 2.75) is 11.8 Å². The maximum absolute atomic E-state index is 12.4.